The summed E-state index contributed by atoms with van der Waals surface area (Å²) in [6, 6.07) is 0. The van der Waals surface area contributed by atoms with Crippen LogP contribution in [0.15, 0.2) is 0 Å². The van der Waals surface area contributed by atoms with Crippen LogP contribution in [-0.2, 0) is 23.9 Å². The van der Waals surface area contributed by atoms with E-state index < -0.39 is 5.97 Å². The zero-order valence-electron chi connectivity index (χ0n) is 20.1. The second-order valence-electron chi connectivity index (χ2n) is 8.03. The predicted octanol–water partition coefficient (Wildman–Crippen LogP) is 7.49. The zero-order valence-corrected chi connectivity index (χ0v) is 20.1. The van der Waals surface area contributed by atoms with Crippen molar-refractivity contribution in [2.75, 3.05) is 19.7 Å². The van der Waals surface area contributed by atoms with Gasteiger partial charge in [0.15, 0.2) is 0 Å². The van der Waals surface area contributed by atoms with Gasteiger partial charge in [0.05, 0.1) is 6.61 Å². The minimum Gasteiger partial charge on any atom is -0.481 e. The number of ether oxygens (including phenoxy) is 1. The molecule has 0 fully saturated rings. The van der Waals surface area contributed by atoms with Gasteiger partial charge >= 0.3 is 11.9 Å². The standard InChI is InChI=1S/C13H25NO3.C10H19NO3.6CH4/c1-4-11(2)10-14-13(16)8-6-5-7-9-17-12(3)15;1-3-8(2)7-11-9(12)5-4-6-10(13)14;;;;;;/h11H,4-10H2,1-3H3,(H,14,16);8H,3-7H2,1-2H3,(H,11,12)(H,13,14);6*1H4. The summed E-state index contributed by atoms with van der Waals surface area (Å²) in [7, 11) is 0. The fraction of sp³-hybridized carbons (Fsp3) is 0.862. The molecule has 0 radical (unpaired) electrons. The van der Waals surface area contributed by atoms with E-state index in [0.29, 0.717) is 44.2 Å². The number of carboxylic acid groups (broad SMARTS) is 1. The molecular weight excluding hydrogens is 472 g/mol. The molecule has 8 heteroatoms. The molecule has 0 aliphatic rings. The molecule has 0 bridgehead atoms. The third kappa shape index (κ3) is 47.7. The number of carbonyl (C=O) groups excluding carboxylic acids is 3. The lowest BCUT2D eigenvalue weighted by atomic mass is 10.1. The molecule has 2 unspecified atom stereocenters. The molecule has 0 aromatic carbocycles. The van der Waals surface area contributed by atoms with Gasteiger partial charge in [-0.3, -0.25) is 19.2 Å². The van der Waals surface area contributed by atoms with E-state index in [0.717, 1.165) is 38.6 Å². The van der Waals surface area contributed by atoms with Crippen molar-refractivity contribution >= 4 is 23.8 Å². The molecular formula is C29H68N2O6. The maximum atomic E-state index is 11.4. The number of hydrogen-bond acceptors (Lipinski definition) is 5. The van der Waals surface area contributed by atoms with Crippen molar-refractivity contribution < 1.29 is 29.0 Å². The number of carboxylic acids is 1. The van der Waals surface area contributed by atoms with Crippen LogP contribution in [0.3, 0.4) is 0 Å². The average Bonchev–Trinajstić information content (AvgIpc) is 2.72. The third-order valence-corrected chi connectivity index (χ3v) is 4.84. The Bertz CT molecular complexity index is 513. The highest BCUT2D eigenvalue weighted by molar-refractivity contribution is 5.76. The average molecular weight is 541 g/mol. The van der Waals surface area contributed by atoms with E-state index in [1.165, 1.54) is 6.92 Å². The van der Waals surface area contributed by atoms with Gasteiger partial charge in [-0.05, 0) is 37.5 Å². The van der Waals surface area contributed by atoms with Crippen LogP contribution in [0.25, 0.3) is 0 Å². The first-order chi connectivity index (χ1) is 14.6. The number of rotatable bonds is 16. The number of unbranched alkanes of at least 4 members (excludes halogenated alkanes) is 2. The fourth-order valence-corrected chi connectivity index (χ4v) is 2.22. The summed E-state index contributed by atoms with van der Waals surface area (Å²) in [5, 5.41) is 14.0. The van der Waals surface area contributed by atoms with Crippen LogP contribution in [0.1, 0.15) is 137 Å². The minimum absolute atomic E-state index is 0. The van der Waals surface area contributed by atoms with Crippen LogP contribution in [0, 0.1) is 11.8 Å². The van der Waals surface area contributed by atoms with Gasteiger partial charge in [-0.2, -0.15) is 0 Å². The van der Waals surface area contributed by atoms with Crippen LogP contribution in [0.5, 0.6) is 0 Å². The highest BCUT2D eigenvalue weighted by Crippen LogP contribution is 2.02. The first kappa shape index (κ1) is 55.4. The van der Waals surface area contributed by atoms with Crippen LogP contribution in [0.2, 0.25) is 0 Å². The van der Waals surface area contributed by atoms with Crippen molar-refractivity contribution in [3.63, 3.8) is 0 Å². The molecule has 0 rings (SSSR count). The Labute approximate surface area is 232 Å². The molecule has 8 nitrogen and oxygen atoms in total. The summed E-state index contributed by atoms with van der Waals surface area (Å²) in [5.41, 5.74) is 0. The van der Waals surface area contributed by atoms with Crippen LogP contribution >= 0.6 is 0 Å². The largest absolute Gasteiger partial charge is 0.481 e. The van der Waals surface area contributed by atoms with Crippen molar-refractivity contribution in [2.45, 2.75) is 137 Å². The third-order valence-electron chi connectivity index (χ3n) is 4.84. The maximum absolute atomic E-state index is 11.4. The molecule has 230 valence electrons. The Kier molecular flexibility index (Phi) is 57.5. The predicted molar refractivity (Wildman–Crippen MR) is 162 cm³/mol. The van der Waals surface area contributed by atoms with Gasteiger partial charge in [-0.25, -0.2) is 0 Å². The number of esters is 1. The second kappa shape index (κ2) is 38.4. The van der Waals surface area contributed by atoms with Gasteiger partial charge in [-0.15, -0.1) is 0 Å². The van der Waals surface area contributed by atoms with Crippen LogP contribution < -0.4 is 10.6 Å². The summed E-state index contributed by atoms with van der Waals surface area (Å²) >= 11 is 0. The van der Waals surface area contributed by atoms with Gasteiger partial charge in [0, 0.05) is 39.3 Å². The maximum Gasteiger partial charge on any atom is 0.303 e. The summed E-state index contributed by atoms with van der Waals surface area (Å²) in [6.45, 7) is 11.7. The van der Waals surface area contributed by atoms with E-state index in [9.17, 15) is 19.2 Å². The molecule has 3 N–H and O–H groups in total. The molecule has 2 atom stereocenters. The highest BCUT2D eigenvalue weighted by atomic mass is 16.5. The Morgan fingerprint density at radius 1 is 0.676 bits per heavy atom. The molecule has 0 saturated heterocycles. The topological polar surface area (TPSA) is 122 Å². The van der Waals surface area contributed by atoms with E-state index in [2.05, 4.69) is 38.3 Å². The highest BCUT2D eigenvalue weighted by Gasteiger charge is 2.05. The normalized spacial score (nSPS) is 10.1. The van der Waals surface area contributed by atoms with Crippen LogP contribution in [-0.4, -0.2) is 48.6 Å². The molecule has 0 aliphatic carbocycles. The molecule has 0 saturated carbocycles. The lowest BCUT2D eigenvalue weighted by molar-refractivity contribution is -0.141. The van der Waals surface area contributed by atoms with Crippen molar-refractivity contribution in [3.8, 4) is 0 Å². The SMILES string of the molecule is C.C.C.C.C.C.CCC(C)CNC(=O)CCCC(=O)O.CCC(C)CNC(=O)CCCCCOC(C)=O. The molecule has 0 aromatic rings. The lowest BCUT2D eigenvalue weighted by Gasteiger charge is -2.09. The van der Waals surface area contributed by atoms with E-state index in [4.69, 9.17) is 9.84 Å². The number of carbonyl (C=O) groups is 4. The van der Waals surface area contributed by atoms with Gasteiger partial charge in [0.2, 0.25) is 11.8 Å². The molecule has 0 aliphatic heterocycles. The van der Waals surface area contributed by atoms with Crippen molar-refractivity contribution in [2.24, 2.45) is 11.8 Å². The van der Waals surface area contributed by atoms with Gasteiger partial charge in [-0.1, -0.05) is 85.1 Å². The smallest absolute Gasteiger partial charge is 0.303 e. The lowest BCUT2D eigenvalue weighted by Crippen LogP contribution is -2.27. The summed E-state index contributed by atoms with van der Waals surface area (Å²) < 4.78 is 4.80. The monoisotopic (exact) mass is 541 g/mol. The molecule has 0 aromatic heterocycles. The van der Waals surface area contributed by atoms with E-state index in [1.54, 1.807) is 0 Å². The van der Waals surface area contributed by atoms with Crippen LogP contribution in [0.4, 0.5) is 0 Å². The fourth-order valence-electron chi connectivity index (χ4n) is 2.22. The van der Waals surface area contributed by atoms with E-state index in [-0.39, 0.29) is 68.8 Å². The quantitative estimate of drug-likeness (QED) is 0.138. The number of hydrogen-bond donors (Lipinski definition) is 3. The van der Waals surface area contributed by atoms with E-state index in [1.807, 2.05) is 0 Å². The Morgan fingerprint density at radius 2 is 1.08 bits per heavy atom. The van der Waals surface area contributed by atoms with Crippen molar-refractivity contribution in [1.29, 1.82) is 0 Å². The Balaban J connectivity index is -0.0000000660. The molecule has 0 spiro atoms. The van der Waals surface area contributed by atoms with Gasteiger partial charge < -0.3 is 20.5 Å². The number of nitrogens with one attached hydrogen (secondary N) is 2. The summed E-state index contributed by atoms with van der Waals surface area (Å²) in [5.74, 6) is 0.0155. The van der Waals surface area contributed by atoms with Crippen molar-refractivity contribution in [3.05, 3.63) is 0 Å². The van der Waals surface area contributed by atoms with Gasteiger partial charge in [0.1, 0.15) is 0 Å². The summed E-state index contributed by atoms with van der Waals surface area (Å²) in [4.78, 5) is 43.2. The van der Waals surface area contributed by atoms with E-state index >= 15 is 0 Å². The summed E-state index contributed by atoms with van der Waals surface area (Å²) in [6.07, 6.45) is 6.09. The van der Waals surface area contributed by atoms with Crippen molar-refractivity contribution in [1.82, 2.24) is 10.6 Å². The minimum atomic E-state index is -0.847. The molecule has 0 heterocycles. The second-order valence-corrected chi connectivity index (χ2v) is 8.03. The number of aliphatic carboxylic acids is 1. The Hall–Kier alpha value is -2.12. The zero-order chi connectivity index (χ0) is 24.1. The number of amides is 2. The molecule has 37 heavy (non-hydrogen) atoms. The molecule has 2 amide bonds. The first-order valence-corrected chi connectivity index (χ1v) is 11.5. The Morgan fingerprint density at radius 3 is 1.43 bits per heavy atom. The first-order valence-electron chi connectivity index (χ1n) is 11.5. The van der Waals surface area contributed by atoms with Gasteiger partial charge in [0.25, 0.3) is 0 Å².